The number of pyridine rings is 1. The van der Waals surface area contributed by atoms with Crippen molar-refractivity contribution in [3.8, 4) is 0 Å². The van der Waals surface area contributed by atoms with Crippen LogP contribution in [0.5, 0.6) is 0 Å². The van der Waals surface area contributed by atoms with Crippen molar-refractivity contribution < 1.29 is 14.7 Å². The van der Waals surface area contributed by atoms with Gasteiger partial charge in [0.15, 0.2) is 0 Å². The molecule has 1 aromatic rings. The minimum Gasteiger partial charge on any atom is -0.480 e. The van der Waals surface area contributed by atoms with Crippen LogP contribution in [0.15, 0.2) is 12.1 Å². The van der Waals surface area contributed by atoms with Crippen LogP contribution in [0.3, 0.4) is 0 Å². The number of carboxylic acids is 1. The number of thioether (sulfide) groups is 1. The van der Waals surface area contributed by atoms with Crippen molar-refractivity contribution >= 4 is 29.5 Å². The zero-order valence-electron chi connectivity index (χ0n) is 12.6. The Balaban J connectivity index is 1.70. The van der Waals surface area contributed by atoms with Crippen LogP contribution in [0, 0.1) is 0 Å². The van der Waals surface area contributed by atoms with E-state index in [0.717, 1.165) is 36.7 Å². The Kier molecular flexibility index (Phi) is 6.06. The maximum atomic E-state index is 11.5. The Labute approximate surface area is 134 Å². The summed E-state index contributed by atoms with van der Waals surface area (Å²) < 4.78 is 0. The highest BCUT2D eigenvalue weighted by molar-refractivity contribution is 7.98. The fraction of sp³-hybridized carbons (Fsp3) is 0.533. The summed E-state index contributed by atoms with van der Waals surface area (Å²) in [5.74, 6) is 1.12. The Morgan fingerprint density at radius 2 is 2.32 bits per heavy atom. The number of anilines is 1. The Morgan fingerprint density at radius 1 is 1.50 bits per heavy atom. The van der Waals surface area contributed by atoms with Crippen molar-refractivity contribution in [3.05, 3.63) is 23.4 Å². The van der Waals surface area contributed by atoms with Gasteiger partial charge in [0.2, 0.25) is 5.91 Å². The van der Waals surface area contributed by atoms with E-state index in [-0.39, 0.29) is 5.91 Å². The number of carboxylic acid groups (broad SMARTS) is 1. The number of nitrogens with one attached hydrogen (secondary N) is 2. The zero-order chi connectivity index (χ0) is 15.9. The SMILES string of the molecule is CC(NC(=O)CCSCc1ccc2c(n1)NCCC2)C(=O)O. The topological polar surface area (TPSA) is 91.3 Å². The minimum absolute atomic E-state index is 0.234. The third kappa shape index (κ3) is 4.91. The smallest absolute Gasteiger partial charge is 0.325 e. The van der Waals surface area contributed by atoms with Gasteiger partial charge in [-0.15, -0.1) is 0 Å². The molecule has 0 spiro atoms. The minimum atomic E-state index is -1.02. The Hall–Kier alpha value is -1.76. The average Bonchev–Trinajstić information content (AvgIpc) is 2.51. The van der Waals surface area contributed by atoms with Crippen molar-refractivity contribution in [1.82, 2.24) is 10.3 Å². The van der Waals surface area contributed by atoms with Crippen LogP contribution in [0.25, 0.3) is 0 Å². The lowest BCUT2D eigenvalue weighted by Crippen LogP contribution is -2.38. The van der Waals surface area contributed by atoms with Crippen molar-refractivity contribution in [1.29, 1.82) is 0 Å². The number of aromatic nitrogens is 1. The normalized spacial score (nSPS) is 14.6. The lowest BCUT2D eigenvalue weighted by atomic mass is 10.1. The number of aliphatic carboxylic acids is 1. The lowest BCUT2D eigenvalue weighted by molar-refractivity contribution is -0.141. The van der Waals surface area contributed by atoms with Crippen LogP contribution in [0.1, 0.15) is 31.0 Å². The fourth-order valence-electron chi connectivity index (χ4n) is 2.17. The lowest BCUT2D eigenvalue weighted by Gasteiger charge is -2.17. The summed E-state index contributed by atoms with van der Waals surface area (Å²) in [7, 11) is 0. The first-order valence-electron chi connectivity index (χ1n) is 7.39. The van der Waals surface area contributed by atoms with Crippen LogP contribution >= 0.6 is 11.8 Å². The number of aryl methyl sites for hydroxylation is 1. The predicted octanol–water partition coefficient (Wildman–Crippen LogP) is 1.65. The van der Waals surface area contributed by atoms with Gasteiger partial charge in [0.05, 0.1) is 5.69 Å². The molecule has 2 rings (SSSR count). The molecule has 2 heterocycles. The van der Waals surface area contributed by atoms with E-state index in [0.29, 0.717) is 12.2 Å². The summed E-state index contributed by atoms with van der Waals surface area (Å²) in [5.41, 5.74) is 2.26. The van der Waals surface area contributed by atoms with E-state index in [2.05, 4.69) is 21.7 Å². The Morgan fingerprint density at radius 3 is 3.09 bits per heavy atom. The molecular formula is C15H21N3O3S. The number of nitrogens with zero attached hydrogens (tertiary/aromatic N) is 1. The van der Waals surface area contributed by atoms with E-state index in [1.54, 1.807) is 11.8 Å². The molecule has 1 atom stereocenters. The van der Waals surface area contributed by atoms with Crippen LogP contribution in [-0.2, 0) is 21.8 Å². The molecule has 0 aromatic carbocycles. The van der Waals surface area contributed by atoms with E-state index < -0.39 is 12.0 Å². The average molecular weight is 323 g/mol. The number of amides is 1. The molecule has 3 N–H and O–H groups in total. The summed E-state index contributed by atoms with van der Waals surface area (Å²) in [6.07, 6.45) is 2.53. The van der Waals surface area contributed by atoms with E-state index >= 15 is 0 Å². The van der Waals surface area contributed by atoms with Gasteiger partial charge in [-0.05, 0) is 31.4 Å². The van der Waals surface area contributed by atoms with Gasteiger partial charge in [-0.25, -0.2) is 4.98 Å². The highest BCUT2D eigenvalue weighted by atomic mass is 32.2. The predicted molar refractivity (Wildman–Crippen MR) is 87.1 cm³/mol. The first-order chi connectivity index (χ1) is 10.6. The molecule has 0 saturated heterocycles. The molecule has 1 unspecified atom stereocenters. The molecule has 1 amide bonds. The van der Waals surface area contributed by atoms with Crippen LogP contribution in [0.4, 0.5) is 5.82 Å². The molecule has 0 radical (unpaired) electrons. The molecule has 0 saturated carbocycles. The number of hydrogen-bond donors (Lipinski definition) is 3. The summed E-state index contributed by atoms with van der Waals surface area (Å²) in [5, 5.41) is 14.5. The molecule has 120 valence electrons. The van der Waals surface area contributed by atoms with E-state index in [1.165, 1.54) is 12.5 Å². The number of hydrogen-bond acceptors (Lipinski definition) is 5. The van der Waals surface area contributed by atoms with Crippen molar-refractivity contribution in [2.45, 2.75) is 38.0 Å². The molecule has 0 bridgehead atoms. The Bertz CT molecular complexity index is 551. The van der Waals surface area contributed by atoms with Crippen molar-refractivity contribution in [2.75, 3.05) is 17.6 Å². The van der Waals surface area contributed by atoms with Crippen molar-refractivity contribution in [2.24, 2.45) is 0 Å². The monoisotopic (exact) mass is 323 g/mol. The molecule has 1 aliphatic heterocycles. The van der Waals surface area contributed by atoms with Gasteiger partial charge in [0.25, 0.3) is 0 Å². The van der Waals surface area contributed by atoms with E-state index in [4.69, 9.17) is 5.11 Å². The molecule has 22 heavy (non-hydrogen) atoms. The van der Waals surface area contributed by atoms with Crippen LogP contribution in [-0.4, -0.2) is 40.3 Å². The van der Waals surface area contributed by atoms with Gasteiger partial charge in [0, 0.05) is 24.5 Å². The van der Waals surface area contributed by atoms with Gasteiger partial charge in [-0.3, -0.25) is 9.59 Å². The first-order valence-corrected chi connectivity index (χ1v) is 8.54. The molecule has 1 aliphatic rings. The number of fused-ring (bicyclic) bond motifs is 1. The number of carbonyl (C=O) groups is 2. The molecule has 6 nitrogen and oxygen atoms in total. The fourth-order valence-corrected chi connectivity index (χ4v) is 3.01. The second-order valence-electron chi connectivity index (χ2n) is 5.27. The maximum absolute atomic E-state index is 11.5. The molecule has 0 fully saturated rings. The first kappa shape index (κ1) is 16.6. The molecular weight excluding hydrogens is 302 g/mol. The van der Waals surface area contributed by atoms with Crippen molar-refractivity contribution in [3.63, 3.8) is 0 Å². The second kappa shape index (κ2) is 8.03. The molecule has 1 aromatic heterocycles. The van der Waals surface area contributed by atoms with Gasteiger partial charge in [-0.2, -0.15) is 11.8 Å². The van der Waals surface area contributed by atoms with Crippen LogP contribution in [0.2, 0.25) is 0 Å². The molecule has 7 heteroatoms. The third-order valence-electron chi connectivity index (χ3n) is 3.42. The number of carbonyl (C=O) groups excluding carboxylic acids is 1. The van der Waals surface area contributed by atoms with E-state index in [1.807, 2.05) is 6.07 Å². The summed E-state index contributed by atoms with van der Waals surface area (Å²) in [6.45, 7) is 2.43. The van der Waals surface area contributed by atoms with Gasteiger partial charge in [-0.1, -0.05) is 6.07 Å². The highest BCUT2D eigenvalue weighted by Crippen LogP contribution is 2.21. The van der Waals surface area contributed by atoms with Crippen LogP contribution < -0.4 is 10.6 Å². The summed E-state index contributed by atoms with van der Waals surface area (Å²) in [6, 6.07) is 3.31. The maximum Gasteiger partial charge on any atom is 0.325 e. The van der Waals surface area contributed by atoms with Gasteiger partial charge >= 0.3 is 5.97 Å². The second-order valence-corrected chi connectivity index (χ2v) is 6.38. The van der Waals surface area contributed by atoms with E-state index in [9.17, 15) is 9.59 Å². The molecule has 0 aliphatic carbocycles. The summed E-state index contributed by atoms with van der Waals surface area (Å²) >= 11 is 1.62. The standard InChI is InChI=1S/C15H21N3O3S/c1-10(15(20)21)17-13(19)6-8-22-9-12-5-4-11-3-2-7-16-14(11)18-12/h4-5,10H,2-3,6-9H2,1H3,(H,16,18)(H,17,19)(H,20,21). The number of rotatable bonds is 7. The highest BCUT2D eigenvalue weighted by Gasteiger charge is 2.13. The summed E-state index contributed by atoms with van der Waals surface area (Å²) in [4.78, 5) is 26.8. The quantitative estimate of drug-likeness (QED) is 0.661. The largest absolute Gasteiger partial charge is 0.480 e. The third-order valence-corrected chi connectivity index (χ3v) is 4.42. The zero-order valence-corrected chi connectivity index (χ0v) is 13.4. The van der Waals surface area contributed by atoms with Gasteiger partial charge in [0.1, 0.15) is 11.9 Å². The van der Waals surface area contributed by atoms with Gasteiger partial charge < -0.3 is 15.7 Å².